The topological polar surface area (TPSA) is 17.1 Å². The van der Waals surface area contributed by atoms with Crippen LogP contribution in [0.15, 0.2) is 42.5 Å². The summed E-state index contributed by atoms with van der Waals surface area (Å²) in [7, 11) is 0. The monoisotopic (exact) mass is 280 g/mol. The van der Waals surface area contributed by atoms with Gasteiger partial charge < -0.3 is 4.79 Å². The Labute approximate surface area is 128 Å². The molecular formula is C20H24O. The van der Waals surface area contributed by atoms with E-state index in [2.05, 4.69) is 56.3 Å². The van der Waals surface area contributed by atoms with Crippen LogP contribution in [0.2, 0.25) is 0 Å². The van der Waals surface area contributed by atoms with Crippen molar-refractivity contribution in [1.29, 1.82) is 0 Å². The maximum atomic E-state index is 11.4. The number of aryl methyl sites for hydroxylation is 2. The van der Waals surface area contributed by atoms with Crippen molar-refractivity contribution in [2.45, 2.75) is 46.5 Å². The quantitative estimate of drug-likeness (QED) is 0.727. The zero-order valence-electron chi connectivity index (χ0n) is 13.3. The summed E-state index contributed by atoms with van der Waals surface area (Å²) in [6.45, 7) is 6.05. The van der Waals surface area contributed by atoms with Crippen LogP contribution >= 0.6 is 0 Å². The predicted molar refractivity (Wildman–Crippen MR) is 89.6 cm³/mol. The van der Waals surface area contributed by atoms with Crippen LogP contribution in [0.25, 0.3) is 11.1 Å². The Morgan fingerprint density at radius 2 is 1.48 bits per heavy atom. The molecule has 1 heteroatoms. The van der Waals surface area contributed by atoms with Crippen LogP contribution in [0, 0.1) is 0 Å². The molecule has 0 aliphatic heterocycles. The molecule has 0 radical (unpaired) electrons. The molecule has 1 nitrogen and oxygen atoms in total. The van der Waals surface area contributed by atoms with Crippen LogP contribution in [0.3, 0.4) is 0 Å². The summed E-state index contributed by atoms with van der Waals surface area (Å²) in [4.78, 5) is 11.4. The second-order valence-corrected chi connectivity index (χ2v) is 5.51. The molecule has 0 bridgehead atoms. The molecule has 2 aromatic carbocycles. The SMILES string of the molecule is CCc1ccccc1-c1cccc(CC)c1CCC(C)=O. The first kappa shape index (κ1) is 15.5. The van der Waals surface area contributed by atoms with Crippen molar-refractivity contribution in [3.05, 3.63) is 59.2 Å². The van der Waals surface area contributed by atoms with E-state index in [0.717, 1.165) is 19.3 Å². The molecular weight excluding hydrogens is 256 g/mol. The molecule has 0 aliphatic carbocycles. The molecule has 21 heavy (non-hydrogen) atoms. The van der Waals surface area contributed by atoms with Gasteiger partial charge in [-0.2, -0.15) is 0 Å². The average Bonchev–Trinajstić information content (AvgIpc) is 2.52. The van der Waals surface area contributed by atoms with Crippen LogP contribution < -0.4 is 0 Å². The Morgan fingerprint density at radius 3 is 2.14 bits per heavy atom. The maximum Gasteiger partial charge on any atom is 0.130 e. The molecule has 0 atom stereocenters. The Hall–Kier alpha value is -1.89. The van der Waals surface area contributed by atoms with Crippen LogP contribution in [0.5, 0.6) is 0 Å². The lowest BCUT2D eigenvalue weighted by atomic mass is 9.88. The van der Waals surface area contributed by atoms with Crippen molar-refractivity contribution in [2.75, 3.05) is 0 Å². The highest BCUT2D eigenvalue weighted by Crippen LogP contribution is 2.30. The summed E-state index contributed by atoms with van der Waals surface area (Å²) >= 11 is 0. The maximum absolute atomic E-state index is 11.4. The predicted octanol–water partition coefficient (Wildman–Crippen LogP) is 5.00. The van der Waals surface area contributed by atoms with E-state index in [4.69, 9.17) is 0 Å². The highest BCUT2D eigenvalue weighted by atomic mass is 16.1. The van der Waals surface area contributed by atoms with Gasteiger partial charge in [0.05, 0.1) is 0 Å². The summed E-state index contributed by atoms with van der Waals surface area (Å²) in [5, 5.41) is 0. The molecule has 2 rings (SSSR count). The molecule has 2 aromatic rings. The van der Waals surface area contributed by atoms with E-state index in [9.17, 15) is 4.79 Å². The molecule has 0 unspecified atom stereocenters. The van der Waals surface area contributed by atoms with E-state index in [1.807, 2.05) is 0 Å². The third-order valence-corrected chi connectivity index (χ3v) is 4.07. The molecule has 0 heterocycles. The fourth-order valence-corrected chi connectivity index (χ4v) is 2.91. The van der Waals surface area contributed by atoms with Gasteiger partial charge in [0.25, 0.3) is 0 Å². The number of benzene rings is 2. The van der Waals surface area contributed by atoms with Crippen molar-refractivity contribution < 1.29 is 4.79 Å². The summed E-state index contributed by atoms with van der Waals surface area (Å²) < 4.78 is 0. The first-order valence-corrected chi connectivity index (χ1v) is 7.85. The number of ketones is 1. The van der Waals surface area contributed by atoms with Gasteiger partial charge in [-0.1, -0.05) is 56.3 Å². The number of carbonyl (C=O) groups is 1. The van der Waals surface area contributed by atoms with Gasteiger partial charge >= 0.3 is 0 Å². The Balaban J connectivity index is 2.54. The van der Waals surface area contributed by atoms with Crippen molar-refractivity contribution in [1.82, 2.24) is 0 Å². The third kappa shape index (κ3) is 3.60. The lowest BCUT2D eigenvalue weighted by Gasteiger charge is -2.16. The van der Waals surface area contributed by atoms with E-state index in [1.165, 1.54) is 27.8 Å². The first-order valence-electron chi connectivity index (χ1n) is 7.85. The molecule has 0 saturated carbocycles. The number of Topliss-reactive ketones (excluding diaryl/α,β-unsaturated/α-hetero) is 1. The summed E-state index contributed by atoms with van der Waals surface area (Å²) in [5.41, 5.74) is 6.69. The first-order chi connectivity index (χ1) is 10.2. The van der Waals surface area contributed by atoms with Crippen molar-refractivity contribution in [3.8, 4) is 11.1 Å². The van der Waals surface area contributed by atoms with E-state index in [-0.39, 0.29) is 5.78 Å². The second kappa shape index (κ2) is 7.21. The Bertz CT molecular complexity index is 625. The molecule has 110 valence electrons. The number of hydrogen-bond donors (Lipinski definition) is 0. The second-order valence-electron chi connectivity index (χ2n) is 5.51. The lowest BCUT2D eigenvalue weighted by molar-refractivity contribution is -0.116. The number of rotatable bonds is 6. The minimum absolute atomic E-state index is 0.260. The Kier molecular flexibility index (Phi) is 5.32. The average molecular weight is 280 g/mol. The smallest absolute Gasteiger partial charge is 0.130 e. The highest BCUT2D eigenvalue weighted by molar-refractivity contribution is 5.77. The van der Waals surface area contributed by atoms with Crippen molar-refractivity contribution >= 4 is 5.78 Å². The summed E-state index contributed by atoms with van der Waals surface area (Å²) in [6, 6.07) is 15.1. The van der Waals surface area contributed by atoms with Crippen molar-refractivity contribution in [3.63, 3.8) is 0 Å². The fourth-order valence-electron chi connectivity index (χ4n) is 2.91. The van der Waals surface area contributed by atoms with Gasteiger partial charge in [-0.15, -0.1) is 0 Å². The van der Waals surface area contributed by atoms with Crippen LogP contribution in [0.1, 0.15) is 43.9 Å². The van der Waals surface area contributed by atoms with Crippen LogP contribution in [0.4, 0.5) is 0 Å². The van der Waals surface area contributed by atoms with Crippen molar-refractivity contribution in [2.24, 2.45) is 0 Å². The third-order valence-electron chi connectivity index (χ3n) is 4.07. The lowest BCUT2D eigenvalue weighted by Crippen LogP contribution is -2.01. The zero-order chi connectivity index (χ0) is 15.2. The zero-order valence-corrected chi connectivity index (χ0v) is 13.3. The fraction of sp³-hybridized carbons (Fsp3) is 0.350. The minimum atomic E-state index is 0.260. The van der Waals surface area contributed by atoms with Gasteiger partial charge in [-0.3, -0.25) is 0 Å². The van der Waals surface area contributed by atoms with E-state index in [1.54, 1.807) is 6.92 Å². The summed E-state index contributed by atoms with van der Waals surface area (Å²) in [6.07, 6.45) is 3.50. The molecule has 0 aliphatic rings. The standard InChI is InChI=1S/C20H24O/c1-4-16-9-6-7-11-18(16)20-12-8-10-17(5-2)19(20)14-13-15(3)21/h6-12H,4-5,13-14H2,1-3H3. The van der Waals surface area contributed by atoms with Gasteiger partial charge in [0.2, 0.25) is 0 Å². The number of carbonyl (C=O) groups excluding carboxylic acids is 1. The van der Waals surface area contributed by atoms with Gasteiger partial charge in [0.15, 0.2) is 0 Å². The minimum Gasteiger partial charge on any atom is -0.300 e. The normalized spacial score (nSPS) is 10.6. The molecule has 0 fully saturated rings. The largest absolute Gasteiger partial charge is 0.300 e. The van der Waals surface area contributed by atoms with Gasteiger partial charge in [0, 0.05) is 6.42 Å². The van der Waals surface area contributed by atoms with Crippen LogP contribution in [-0.4, -0.2) is 5.78 Å². The Morgan fingerprint density at radius 1 is 0.857 bits per heavy atom. The highest BCUT2D eigenvalue weighted by Gasteiger charge is 2.12. The molecule has 0 N–H and O–H groups in total. The summed E-state index contributed by atoms with van der Waals surface area (Å²) in [5.74, 6) is 0.260. The van der Waals surface area contributed by atoms with E-state index < -0.39 is 0 Å². The molecule has 0 aromatic heterocycles. The van der Waals surface area contributed by atoms with Crippen LogP contribution in [-0.2, 0) is 24.1 Å². The number of hydrogen-bond acceptors (Lipinski definition) is 1. The van der Waals surface area contributed by atoms with E-state index in [0.29, 0.717) is 6.42 Å². The molecule has 0 saturated heterocycles. The molecule has 0 amide bonds. The van der Waals surface area contributed by atoms with E-state index >= 15 is 0 Å². The van der Waals surface area contributed by atoms with Gasteiger partial charge in [-0.25, -0.2) is 0 Å². The molecule has 0 spiro atoms. The van der Waals surface area contributed by atoms with Gasteiger partial charge in [0.1, 0.15) is 5.78 Å². The van der Waals surface area contributed by atoms with Gasteiger partial charge in [-0.05, 0) is 54.0 Å².